The first-order valence-corrected chi connectivity index (χ1v) is 7.44. The standard InChI is InChI=1S/C20H17NO2/c22-20(23-15-16-7-3-1-4-8-16)17-11-13-19(14-12-17)21-18-9-5-2-6-10-18/h1-14,21H,15H2. The Labute approximate surface area is 135 Å². The molecule has 0 unspecified atom stereocenters. The van der Waals surface area contributed by atoms with Gasteiger partial charge in [0, 0.05) is 11.4 Å². The van der Waals surface area contributed by atoms with Gasteiger partial charge in [0.05, 0.1) is 5.56 Å². The summed E-state index contributed by atoms with van der Waals surface area (Å²) in [4.78, 5) is 12.0. The first-order valence-electron chi connectivity index (χ1n) is 7.44. The number of benzene rings is 3. The molecule has 0 bridgehead atoms. The third kappa shape index (κ3) is 4.20. The molecular formula is C20H17NO2. The van der Waals surface area contributed by atoms with Crippen LogP contribution in [0.15, 0.2) is 84.9 Å². The maximum atomic E-state index is 12.0. The Bertz CT molecular complexity index is 753. The number of hydrogen-bond acceptors (Lipinski definition) is 3. The second-order valence-electron chi connectivity index (χ2n) is 5.13. The van der Waals surface area contributed by atoms with Crippen molar-refractivity contribution in [2.24, 2.45) is 0 Å². The summed E-state index contributed by atoms with van der Waals surface area (Å²) in [7, 11) is 0. The summed E-state index contributed by atoms with van der Waals surface area (Å²) < 4.78 is 5.31. The Balaban J connectivity index is 1.59. The fourth-order valence-electron chi connectivity index (χ4n) is 2.18. The topological polar surface area (TPSA) is 38.3 Å². The van der Waals surface area contributed by atoms with Crippen LogP contribution in [0, 0.1) is 0 Å². The van der Waals surface area contributed by atoms with Gasteiger partial charge in [-0.15, -0.1) is 0 Å². The van der Waals surface area contributed by atoms with Crippen LogP contribution in [-0.2, 0) is 11.3 Å². The minimum atomic E-state index is -0.319. The van der Waals surface area contributed by atoms with Crippen LogP contribution in [0.3, 0.4) is 0 Å². The van der Waals surface area contributed by atoms with Crippen molar-refractivity contribution in [3.63, 3.8) is 0 Å². The fraction of sp³-hybridized carbons (Fsp3) is 0.0500. The normalized spacial score (nSPS) is 10.1. The average Bonchev–Trinajstić information content (AvgIpc) is 2.62. The van der Waals surface area contributed by atoms with E-state index in [9.17, 15) is 4.79 Å². The van der Waals surface area contributed by atoms with Crippen molar-refractivity contribution < 1.29 is 9.53 Å². The Kier molecular flexibility index (Phi) is 4.69. The molecule has 114 valence electrons. The second-order valence-corrected chi connectivity index (χ2v) is 5.13. The van der Waals surface area contributed by atoms with Crippen molar-refractivity contribution in [2.45, 2.75) is 6.61 Å². The van der Waals surface area contributed by atoms with Crippen molar-refractivity contribution in [3.05, 3.63) is 96.1 Å². The molecule has 3 aromatic rings. The van der Waals surface area contributed by atoms with Crippen LogP contribution in [0.5, 0.6) is 0 Å². The van der Waals surface area contributed by atoms with E-state index in [1.54, 1.807) is 12.1 Å². The highest BCUT2D eigenvalue weighted by Gasteiger charge is 2.07. The third-order valence-corrected chi connectivity index (χ3v) is 3.40. The molecule has 0 amide bonds. The number of esters is 1. The molecule has 0 aliphatic rings. The number of carbonyl (C=O) groups excluding carboxylic acids is 1. The number of rotatable bonds is 5. The molecule has 0 saturated heterocycles. The van der Waals surface area contributed by atoms with Gasteiger partial charge in [0.2, 0.25) is 0 Å². The third-order valence-electron chi connectivity index (χ3n) is 3.40. The summed E-state index contributed by atoms with van der Waals surface area (Å²) >= 11 is 0. The number of para-hydroxylation sites is 1. The molecule has 0 spiro atoms. The summed E-state index contributed by atoms with van der Waals surface area (Å²) in [6.45, 7) is 0.281. The summed E-state index contributed by atoms with van der Waals surface area (Å²) in [5, 5.41) is 3.28. The zero-order valence-corrected chi connectivity index (χ0v) is 12.6. The summed E-state index contributed by atoms with van der Waals surface area (Å²) in [5.74, 6) is -0.319. The van der Waals surface area contributed by atoms with Crippen molar-refractivity contribution in [3.8, 4) is 0 Å². The predicted molar refractivity (Wildman–Crippen MR) is 91.7 cm³/mol. The van der Waals surface area contributed by atoms with Gasteiger partial charge in [0.1, 0.15) is 6.61 Å². The molecule has 0 fully saturated rings. The van der Waals surface area contributed by atoms with Gasteiger partial charge in [-0.1, -0.05) is 48.5 Å². The lowest BCUT2D eigenvalue weighted by Crippen LogP contribution is -2.05. The minimum Gasteiger partial charge on any atom is -0.457 e. The van der Waals surface area contributed by atoms with Gasteiger partial charge in [-0.05, 0) is 42.0 Å². The van der Waals surface area contributed by atoms with Crippen LogP contribution in [0.1, 0.15) is 15.9 Å². The maximum Gasteiger partial charge on any atom is 0.338 e. The first kappa shape index (κ1) is 14.9. The first-order chi connectivity index (χ1) is 11.3. The van der Waals surface area contributed by atoms with E-state index in [0.717, 1.165) is 16.9 Å². The molecule has 0 heterocycles. The van der Waals surface area contributed by atoms with Gasteiger partial charge in [-0.2, -0.15) is 0 Å². The highest BCUT2D eigenvalue weighted by atomic mass is 16.5. The molecule has 0 aliphatic heterocycles. The molecule has 0 aromatic heterocycles. The maximum absolute atomic E-state index is 12.0. The predicted octanol–water partition coefficient (Wildman–Crippen LogP) is 4.79. The minimum absolute atomic E-state index is 0.281. The molecule has 0 aliphatic carbocycles. The monoisotopic (exact) mass is 303 g/mol. The van der Waals surface area contributed by atoms with Crippen LogP contribution >= 0.6 is 0 Å². The quantitative estimate of drug-likeness (QED) is 0.689. The molecule has 3 aromatic carbocycles. The molecule has 3 rings (SSSR count). The number of hydrogen-bond donors (Lipinski definition) is 1. The molecular weight excluding hydrogens is 286 g/mol. The Morgan fingerprint density at radius 3 is 1.96 bits per heavy atom. The van der Waals surface area contributed by atoms with Crippen LogP contribution in [-0.4, -0.2) is 5.97 Å². The highest BCUT2D eigenvalue weighted by molar-refractivity contribution is 5.89. The van der Waals surface area contributed by atoms with E-state index in [2.05, 4.69) is 5.32 Å². The highest BCUT2D eigenvalue weighted by Crippen LogP contribution is 2.17. The van der Waals surface area contributed by atoms with Gasteiger partial charge in [-0.3, -0.25) is 0 Å². The van der Waals surface area contributed by atoms with Crippen LogP contribution in [0.25, 0.3) is 0 Å². The van der Waals surface area contributed by atoms with E-state index >= 15 is 0 Å². The summed E-state index contributed by atoms with van der Waals surface area (Å²) in [5.41, 5.74) is 3.45. The van der Waals surface area contributed by atoms with E-state index < -0.39 is 0 Å². The number of carbonyl (C=O) groups is 1. The van der Waals surface area contributed by atoms with Gasteiger partial charge >= 0.3 is 5.97 Å². The molecule has 0 atom stereocenters. The summed E-state index contributed by atoms with van der Waals surface area (Å²) in [6, 6.07) is 26.8. The van der Waals surface area contributed by atoms with Crippen molar-refractivity contribution >= 4 is 17.3 Å². The van der Waals surface area contributed by atoms with Crippen molar-refractivity contribution in [1.82, 2.24) is 0 Å². The molecule has 3 heteroatoms. The summed E-state index contributed by atoms with van der Waals surface area (Å²) in [6.07, 6.45) is 0. The zero-order valence-electron chi connectivity index (χ0n) is 12.6. The fourth-order valence-corrected chi connectivity index (χ4v) is 2.18. The Morgan fingerprint density at radius 2 is 1.30 bits per heavy atom. The van der Waals surface area contributed by atoms with Crippen LogP contribution in [0.4, 0.5) is 11.4 Å². The lowest BCUT2D eigenvalue weighted by molar-refractivity contribution is 0.0473. The SMILES string of the molecule is O=C(OCc1ccccc1)c1ccc(Nc2ccccc2)cc1. The number of anilines is 2. The lowest BCUT2D eigenvalue weighted by atomic mass is 10.2. The zero-order chi connectivity index (χ0) is 15.9. The molecule has 3 nitrogen and oxygen atoms in total. The largest absolute Gasteiger partial charge is 0.457 e. The van der Waals surface area contributed by atoms with E-state index in [1.807, 2.05) is 72.8 Å². The van der Waals surface area contributed by atoms with Gasteiger partial charge in [0.25, 0.3) is 0 Å². The smallest absolute Gasteiger partial charge is 0.338 e. The molecule has 0 saturated carbocycles. The molecule has 0 radical (unpaired) electrons. The van der Waals surface area contributed by atoms with E-state index in [1.165, 1.54) is 0 Å². The van der Waals surface area contributed by atoms with Crippen LogP contribution < -0.4 is 5.32 Å². The van der Waals surface area contributed by atoms with Gasteiger partial charge in [-0.25, -0.2) is 4.79 Å². The second kappa shape index (κ2) is 7.27. The van der Waals surface area contributed by atoms with Gasteiger partial charge < -0.3 is 10.1 Å². The van der Waals surface area contributed by atoms with E-state index in [4.69, 9.17) is 4.74 Å². The Hall–Kier alpha value is -3.07. The van der Waals surface area contributed by atoms with Crippen molar-refractivity contribution in [1.29, 1.82) is 0 Å². The lowest BCUT2D eigenvalue weighted by Gasteiger charge is -2.08. The van der Waals surface area contributed by atoms with Crippen molar-refractivity contribution in [2.75, 3.05) is 5.32 Å². The van der Waals surface area contributed by atoms with E-state index in [-0.39, 0.29) is 12.6 Å². The number of ether oxygens (including phenoxy) is 1. The number of nitrogens with one attached hydrogen (secondary N) is 1. The van der Waals surface area contributed by atoms with Gasteiger partial charge in [0.15, 0.2) is 0 Å². The van der Waals surface area contributed by atoms with Crippen LogP contribution in [0.2, 0.25) is 0 Å². The average molecular weight is 303 g/mol. The molecule has 1 N–H and O–H groups in total. The molecule has 23 heavy (non-hydrogen) atoms. The Morgan fingerprint density at radius 1 is 0.739 bits per heavy atom. The van der Waals surface area contributed by atoms with E-state index in [0.29, 0.717) is 5.56 Å².